The minimum Gasteiger partial charge on any atom is -0.465 e. The fraction of sp³-hybridized carbons (Fsp3) is 0.643. The monoisotopic (exact) mass is 276 g/mol. The molecule has 0 saturated heterocycles. The number of hydrogen-bond acceptors (Lipinski definition) is 6. The lowest BCUT2D eigenvalue weighted by Gasteiger charge is -2.30. The molecule has 1 saturated carbocycles. The SMILES string of the molecule is CCOC(=O)[C@]1(C#N)CC(=O)[C@](C)(C#N)[C@@H]1CC(C)=O. The first-order valence-corrected chi connectivity index (χ1v) is 6.31. The highest BCUT2D eigenvalue weighted by Crippen LogP contribution is 2.53. The van der Waals surface area contributed by atoms with E-state index in [4.69, 9.17) is 4.74 Å². The first kappa shape index (κ1) is 15.8. The minimum absolute atomic E-state index is 0.0620. The molecule has 0 aromatic rings. The molecule has 106 valence electrons. The quantitative estimate of drug-likeness (QED) is 0.713. The molecule has 0 bridgehead atoms. The van der Waals surface area contributed by atoms with E-state index in [0.717, 1.165) is 0 Å². The summed E-state index contributed by atoms with van der Waals surface area (Å²) < 4.78 is 4.88. The Labute approximate surface area is 117 Å². The Hall–Kier alpha value is -2.21. The molecule has 6 heteroatoms. The maximum atomic E-state index is 12.1. The van der Waals surface area contributed by atoms with Crippen molar-refractivity contribution in [3.63, 3.8) is 0 Å². The molecule has 0 aromatic carbocycles. The Morgan fingerprint density at radius 2 is 2.00 bits per heavy atom. The molecule has 0 amide bonds. The van der Waals surface area contributed by atoms with E-state index in [1.165, 1.54) is 13.8 Å². The smallest absolute Gasteiger partial charge is 0.327 e. The van der Waals surface area contributed by atoms with Crippen LogP contribution in [0.25, 0.3) is 0 Å². The largest absolute Gasteiger partial charge is 0.465 e. The third-order valence-electron chi connectivity index (χ3n) is 3.87. The normalized spacial score (nSPS) is 32.2. The van der Waals surface area contributed by atoms with Crippen LogP contribution in [0.1, 0.15) is 33.6 Å². The van der Waals surface area contributed by atoms with E-state index in [1.807, 2.05) is 12.1 Å². The molecular formula is C14H16N2O4. The van der Waals surface area contributed by atoms with Gasteiger partial charge in [0.25, 0.3) is 0 Å². The molecule has 0 aromatic heterocycles. The Kier molecular flexibility index (Phi) is 4.29. The van der Waals surface area contributed by atoms with Crippen molar-refractivity contribution in [1.82, 2.24) is 0 Å². The molecule has 0 N–H and O–H groups in total. The van der Waals surface area contributed by atoms with E-state index in [9.17, 15) is 24.9 Å². The van der Waals surface area contributed by atoms with Crippen molar-refractivity contribution in [3.05, 3.63) is 0 Å². The van der Waals surface area contributed by atoms with E-state index in [0.29, 0.717) is 0 Å². The van der Waals surface area contributed by atoms with Crippen molar-refractivity contribution < 1.29 is 19.1 Å². The van der Waals surface area contributed by atoms with Crippen LogP contribution in [0, 0.1) is 39.4 Å². The summed E-state index contributed by atoms with van der Waals surface area (Å²) in [6.45, 7) is 4.32. The van der Waals surface area contributed by atoms with Crippen LogP contribution in [-0.4, -0.2) is 24.1 Å². The maximum Gasteiger partial charge on any atom is 0.327 e. The van der Waals surface area contributed by atoms with E-state index < -0.39 is 28.5 Å². The summed E-state index contributed by atoms with van der Waals surface area (Å²) in [7, 11) is 0. The number of ketones is 2. The van der Waals surface area contributed by atoms with Crippen molar-refractivity contribution in [1.29, 1.82) is 10.5 Å². The lowest BCUT2D eigenvalue weighted by atomic mass is 9.68. The molecule has 1 fully saturated rings. The van der Waals surface area contributed by atoms with Crippen LogP contribution in [-0.2, 0) is 19.1 Å². The van der Waals surface area contributed by atoms with Gasteiger partial charge < -0.3 is 9.53 Å². The van der Waals surface area contributed by atoms with Gasteiger partial charge in [-0.25, -0.2) is 0 Å². The van der Waals surface area contributed by atoms with Gasteiger partial charge >= 0.3 is 5.97 Å². The van der Waals surface area contributed by atoms with Crippen molar-refractivity contribution in [2.45, 2.75) is 33.6 Å². The first-order chi connectivity index (χ1) is 9.28. The van der Waals surface area contributed by atoms with E-state index in [2.05, 4.69) is 0 Å². The number of nitriles is 2. The summed E-state index contributed by atoms with van der Waals surface area (Å²) in [5.41, 5.74) is -3.27. The van der Waals surface area contributed by atoms with Crippen molar-refractivity contribution in [2.24, 2.45) is 16.7 Å². The van der Waals surface area contributed by atoms with Gasteiger partial charge in [-0.2, -0.15) is 10.5 Å². The zero-order valence-corrected chi connectivity index (χ0v) is 11.7. The average molecular weight is 276 g/mol. The predicted molar refractivity (Wildman–Crippen MR) is 66.8 cm³/mol. The number of nitrogens with zero attached hydrogens (tertiary/aromatic N) is 2. The molecule has 3 atom stereocenters. The first-order valence-electron chi connectivity index (χ1n) is 6.31. The molecule has 1 aliphatic carbocycles. The van der Waals surface area contributed by atoms with Crippen LogP contribution < -0.4 is 0 Å². The van der Waals surface area contributed by atoms with Crippen molar-refractivity contribution >= 4 is 17.5 Å². The molecule has 0 spiro atoms. The Balaban J connectivity index is 3.40. The third kappa shape index (κ3) is 2.18. The van der Waals surface area contributed by atoms with Crippen LogP contribution in [0.5, 0.6) is 0 Å². The van der Waals surface area contributed by atoms with Crippen LogP contribution >= 0.6 is 0 Å². The molecule has 0 aliphatic heterocycles. The van der Waals surface area contributed by atoms with Crippen molar-refractivity contribution in [3.8, 4) is 12.1 Å². The van der Waals surface area contributed by atoms with Crippen LogP contribution in [0.15, 0.2) is 0 Å². The molecule has 1 aliphatic rings. The number of esters is 1. The van der Waals surface area contributed by atoms with E-state index in [1.54, 1.807) is 6.92 Å². The van der Waals surface area contributed by atoms with Gasteiger partial charge in [-0.3, -0.25) is 9.59 Å². The molecule has 0 unspecified atom stereocenters. The van der Waals surface area contributed by atoms with Crippen LogP contribution in [0.4, 0.5) is 0 Å². The summed E-state index contributed by atoms with van der Waals surface area (Å²) in [5, 5.41) is 18.7. The number of carbonyl (C=O) groups excluding carboxylic acids is 3. The summed E-state index contributed by atoms with van der Waals surface area (Å²) in [4.78, 5) is 35.6. The molecule has 20 heavy (non-hydrogen) atoms. The van der Waals surface area contributed by atoms with Gasteiger partial charge in [0.15, 0.2) is 11.2 Å². The molecule has 1 rings (SSSR count). The molecule has 0 heterocycles. The summed E-state index contributed by atoms with van der Waals surface area (Å²) in [5.74, 6) is -2.59. The van der Waals surface area contributed by atoms with Crippen LogP contribution in [0.3, 0.4) is 0 Å². The zero-order valence-electron chi connectivity index (χ0n) is 11.7. The van der Waals surface area contributed by atoms with Gasteiger partial charge in [-0.15, -0.1) is 0 Å². The fourth-order valence-corrected chi connectivity index (χ4v) is 2.69. The summed E-state index contributed by atoms with van der Waals surface area (Å²) in [6.07, 6.45) is -0.563. The number of hydrogen-bond donors (Lipinski definition) is 0. The second-order valence-corrected chi connectivity index (χ2v) is 5.18. The summed E-state index contributed by atoms with van der Waals surface area (Å²) in [6, 6.07) is 3.71. The predicted octanol–water partition coefficient (Wildman–Crippen LogP) is 1.16. The molecule has 6 nitrogen and oxygen atoms in total. The standard InChI is InChI=1S/C14H16N2O4/c1-4-20-12(19)14(8-16)6-11(18)13(3,7-15)10(14)5-9(2)17/h10H,4-6H2,1-3H3/t10-,13+,14-/m0/s1. The second kappa shape index (κ2) is 5.42. The highest BCUT2D eigenvalue weighted by Gasteiger charge is 2.65. The van der Waals surface area contributed by atoms with Gasteiger partial charge in [-0.1, -0.05) is 0 Å². The average Bonchev–Trinajstić information content (AvgIpc) is 2.61. The third-order valence-corrected chi connectivity index (χ3v) is 3.87. The minimum atomic E-state index is -1.75. The topological polar surface area (TPSA) is 108 Å². The zero-order chi connectivity index (χ0) is 15.6. The van der Waals surface area contributed by atoms with Crippen LogP contribution in [0.2, 0.25) is 0 Å². The number of Topliss-reactive ketones (excluding diaryl/α,β-unsaturated/α-hetero) is 2. The second-order valence-electron chi connectivity index (χ2n) is 5.18. The number of carbonyl (C=O) groups is 3. The Morgan fingerprint density at radius 1 is 1.40 bits per heavy atom. The Bertz CT molecular complexity index is 542. The van der Waals surface area contributed by atoms with E-state index in [-0.39, 0.29) is 25.2 Å². The Morgan fingerprint density at radius 3 is 2.40 bits per heavy atom. The van der Waals surface area contributed by atoms with Gasteiger partial charge in [0.05, 0.1) is 18.7 Å². The van der Waals surface area contributed by atoms with Crippen molar-refractivity contribution in [2.75, 3.05) is 6.61 Å². The number of ether oxygens (including phenoxy) is 1. The fourth-order valence-electron chi connectivity index (χ4n) is 2.69. The van der Waals surface area contributed by atoms with Gasteiger partial charge in [0.1, 0.15) is 11.2 Å². The highest BCUT2D eigenvalue weighted by molar-refractivity contribution is 5.99. The lowest BCUT2D eigenvalue weighted by Crippen LogP contribution is -2.40. The molecule has 0 radical (unpaired) electrons. The van der Waals surface area contributed by atoms with Gasteiger partial charge in [0, 0.05) is 18.8 Å². The number of rotatable bonds is 4. The van der Waals surface area contributed by atoms with Gasteiger partial charge in [0.2, 0.25) is 0 Å². The lowest BCUT2D eigenvalue weighted by molar-refractivity contribution is -0.155. The highest BCUT2D eigenvalue weighted by atomic mass is 16.5. The van der Waals surface area contributed by atoms with Gasteiger partial charge in [-0.05, 0) is 20.8 Å². The maximum absolute atomic E-state index is 12.1. The van der Waals surface area contributed by atoms with E-state index >= 15 is 0 Å². The summed E-state index contributed by atoms with van der Waals surface area (Å²) >= 11 is 0. The molecular weight excluding hydrogens is 260 g/mol.